The molecule has 0 atom stereocenters. The summed E-state index contributed by atoms with van der Waals surface area (Å²) in [5, 5.41) is 0. The van der Waals surface area contributed by atoms with Crippen molar-refractivity contribution in [3.05, 3.63) is 34.2 Å². The number of pyridine rings is 1. The minimum Gasteiger partial charge on any atom is -0.341 e. The van der Waals surface area contributed by atoms with E-state index in [0.29, 0.717) is 18.0 Å². The van der Waals surface area contributed by atoms with Crippen molar-refractivity contribution in [2.75, 3.05) is 19.5 Å². The van der Waals surface area contributed by atoms with E-state index in [0.717, 1.165) is 0 Å². The molecule has 0 unspecified atom stereocenters. The lowest BCUT2D eigenvalue weighted by Crippen LogP contribution is -2.29. The predicted octanol–water partition coefficient (Wildman–Crippen LogP) is 0.686. The number of nitrogens with zero attached hydrogens (tertiary/aromatic N) is 1. The Kier molecular flexibility index (Phi) is 3.71. The zero-order valence-electron chi connectivity index (χ0n) is 7.79. The molecule has 1 amide bonds. The normalized spacial score (nSPS) is 9.86. The summed E-state index contributed by atoms with van der Waals surface area (Å²) in [6, 6.07) is 2.83. The number of aromatic amines is 1. The molecule has 0 radical (unpaired) electrons. The van der Waals surface area contributed by atoms with Gasteiger partial charge in [-0.25, -0.2) is 0 Å². The Morgan fingerprint density at radius 3 is 2.93 bits per heavy atom. The number of rotatable bonds is 3. The maximum Gasteiger partial charge on any atom is 0.253 e. The van der Waals surface area contributed by atoms with E-state index in [2.05, 4.69) is 4.98 Å². The maximum absolute atomic E-state index is 11.6. The van der Waals surface area contributed by atoms with Gasteiger partial charge in [0.15, 0.2) is 0 Å². The number of carbonyl (C=O) groups excluding carboxylic acids is 1. The molecule has 0 aliphatic carbocycles. The summed E-state index contributed by atoms with van der Waals surface area (Å²) in [6.07, 6.45) is 1.45. The van der Waals surface area contributed by atoms with Crippen LogP contribution in [0.25, 0.3) is 0 Å². The Morgan fingerprint density at radius 1 is 1.64 bits per heavy atom. The third-order valence-corrected chi connectivity index (χ3v) is 1.96. The molecule has 0 spiro atoms. The Bertz CT molecular complexity index is 375. The molecule has 14 heavy (non-hydrogen) atoms. The van der Waals surface area contributed by atoms with Gasteiger partial charge in [-0.1, -0.05) is 0 Å². The van der Waals surface area contributed by atoms with E-state index in [-0.39, 0.29) is 11.5 Å². The Hall–Kier alpha value is -1.29. The lowest BCUT2D eigenvalue weighted by atomic mass is 10.2. The van der Waals surface area contributed by atoms with Crippen molar-refractivity contribution in [3.8, 4) is 0 Å². The molecular formula is C9H11ClN2O2. The van der Waals surface area contributed by atoms with Crippen LogP contribution >= 0.6 is 11.6 Å². The van der Waals surface area contributed by atoms with Gasteiger partial charge in [-0.15, -0.1) is 11.6 Å². The van der Waals surface area contributed by atoms with Gasteiger partial charge < -0.3 is 9.88 Å². The largest absolute Gasteiger partial charge is 0.341 e. The van der Waals surface area contributed by atoms with Gasteiger partial charge in [0.2, 0.25) is 5.56 Å². The average molecular weight is 215 g/mol. The second-order valence-corrected chi connectivity index (χ2v) is 3.24. The molecule has 1 aromatic rings. The zero-order valence-corrected chi connectivity index (χ0v) is 8.54. The fourth-order valence-corrected chi connectivity index (χ4v) is 1.28. The summed E-state index contributed by atoms with van der Waals surface area (Å²) >= 11 is 5.50. The average Bonchev–Trinajstić information content (AvgIpc) is 2.17. The van der Waals surface area contributed by atoms with Crippen LogP contribution in [0.15, 0.2) is 23.1 Å². The van der Waals surface area contributed by atoms with Crippen molar-refractivity contribution < 1.29 is 4.79 Å². The molecule has 0 fully saturated rings. The van der Waals surface area contributed by atoms with E-state index in [1.807, 2.05) is 0 Å². The van der Waals surface area contributed by atoms with Crippen LogP contribution in [0.1, 0.15) is 10.4 Å². The van der Waals surface area contributed by atoms with Gasteiger partial charge in [0.1, 0.15) is 0 Å². The van der Waals surface area contributed by atoms with Crippen molar-refractivity contribution in [2.24, 2.45) is 0 Å². The Morgan fingerprint density at radius 2 is 2.36 bits per heavy atom. The van der Waals surface area contributed by atoms with Crippen LogP contribution in [-0.4, -0.2) is 35.3 Å². The van der Waals surface area contributed by atoms with Crippen LogP contribution in [0, 0.1) is 0 Å². The molecular weight excluding hydrogens is 204 g/mol. The van der Waals surface area contributed by atoms with E-state index in [9.17, 15) is 9.59 Å². The minimum atomic E-state index is -0.282. The van der Waals surface area contributed by atoms with Gasteiger partial charge in [0.25, 0.3) is 5.91 Å². The standard InChI is InChI=1S/C9H11ClN2O2/c1-12(5-3-10)9(14)7-2-4-11-8(13)6-7/h2,4,6H,3,5H2,1H3,(H,11,13). The molecule has 1 heterocycles. The van der Waals surface area contributed by atoms with Crippen LogP contribution < -0.4 is 5.56 Å². The van der Waals surface area contributed by atoms with Crippen LogP contribution in [0.5, 0.6) is 0 Å². The number of H-pyrrole nitrogens is 1. The molecule has 1 N–H and O–H groups in total. The number of nitrogens with one attached hydrogen (secondary N) is 1. The van der Waals surface area contributed by atoms with Gasteiger partial charge in [-0.05, 0) is 6.07 Å². The van der Waals surface area contributed by atoms with Crippen molar-refractivity contribution in [1.29, 1.82) is 0 Å². The van der Waals surface area contributed by atoms with Crippen LogP contribution in [0.3, 0.4) is 0 Å². The summed E-state index contributed by atoms with van der Waals surface area (Å²) in [5.74, 6) is 0.183. The fourth-order valence-electron chi connectivity index (χ4n) is 1.03. The molecule has 76 valence electrons. The number of carbonyl (C=O) groups is 1. The number of halogens is 1. The second kappa shape index (κ2) is 4.81. The van der Waals surface area contributed by atoms with Gasteiger partial charge in [-0.3, -0.25) is 9.59 Å². The lowest BCUT2D eigenvalue weighted by molar-refractivity contribution is 0.0803. The number of hydrogen-bond donors (Lipinski definition) is 1. The van der Waals surface area contributed by atoms with Gasteiger partial charge >= 0.3 is 0 Å². The van der Waals surface area contributed by atoms with Crippen molar-refractivity contribution in [2.45, 2.75) is 0 Å². The smallest absolute Gasteiger partial charge is 0.253 e. The summed E-state index contributed by atoms with van der Waals surface area (Å²) in [5.41, 5.74) is 0.0940. The van der Waals surface area contributed by atoms with E-state index < -0.39 is 0 Å². The van der Waals surface area contributed by atoms with Gasteiger partial charge in [0, 0.05) is 37.3 Å². The zero-order chi connectivity index (χ0) is 10.6. The molecule has 0 bridgehead atoms. The highest BCUT2D eigenvalue weighted by Gasteiger charge is 2.10. The van der Waals surface area contributed by atoms with Crippen molar-refractivity contribution in [1.82, 2.24) is 9.88 Å². The fraction of sp³-hybridized carbons (Fsp3) is 0.333. The first kappa shape index (κ1) is 10.8. The van der Waals surface area contributed by atoms with E-state index in [1.165, 1.54) is 17.2 Å². The molecule has 0 saturated carbocycles. The molecule has 0 aliphatic rings. The first-order chi connectivity index (χ1) is 6.65. The first-order valence-corrected chi connectivity index (χ1v) is 4.69. The third kappa shape index (κ3) is 2.60. The Labute approximate surface area is 86.5 Å². The quantitative estimate of drug-likeness (QED) is 0.753. The number of alkyl halides is 1. The molecule has 0 saturated heterocycles. The van der Waals surface area contributed by atoms with Crippen molar-refractivity contribution in [3.63, 3.8) is 0 Å². The topological polar surface area (TPSA) is 53.2 Å². The maximum atomic E-state index is 11.6. The second-order valence-electron chi connectivity index (χ2n) is 2.86. The summed E-state index contributed by atoms with van der Waals surface area (Å²) in [4.78, 5) is 26.4. The van der Waals surface area contributed by atoms with E-state index in [4.69, 9.17) is 11.6 Å². The number of aromatic nitrogens is 1. The van der Waals surface area contributed by atoms with E-state index in [1.54, 1.807) is 13.1 Å². The molecule has 0 aliphatic heterocycles. The van der Waals surface area contributed by atoms with Gasteiger partial charge in [0.05, 0.1) is 0 Å². The summed E-state index contributed by atoms with van der Waals surface area (Å²) in [7, 11) is 1.64. The first-order valence-electron chi connectivity index (χ1n) is 4.15. The van der Waals surface area contributed by atoms with Gasteiger partial charge in [-0.2, -0.15) is 0 Å². The summed E-state index contributed by atoms with van der Waals surface area (Å²) in [6.45, 7) is 0.465. The third-order valence-electron chi connectivity index (χ3n) is 1.79. The number of hydrogen-bond acceptors (Lipinski definition) is 2. The molecule has 4 nitrogen and oxygen atoms in total. The monoisotopic (exact) mass is 214 g/mol. The van der Waals surface area contributed by atoms with Crippen LogP contribution in [0.2, 0.25) is 0 Å². The highest BCUT2D eigenvalue weighted by atomic mass is 35.5. The van der Waals surface area contributed by atoms with Crippen LogP contribution in [-0.2, 0) is 0 Å². The highest BCUT2D eigenvalue weighted by Crippen LogP contribution is 1.99. The number of amides is 1. The molecule has 5 heteroatoms. The predicted molar refractivity (Wildman–Crippen MR) is 54.7 cm³/mol. The van der Waals surface area contributed by atoms with Crippen LogP contribution in [0.4, 0.5) is 0 Å². The molecule has 0 aromatic carbocycles. The SMILES string of the molecule is CN(CCCl)C(=O)c1cc[nH]c(=O)c1. The summed E-state index contributed by atoms with van der Waals surface area (Å²) < 4.78 is 0. The lowest BCUT2D eigenvalue weighted by Gasteiger charge is -2.14. The highest BCUT2D eigenvalue weighted by molar-refractivity contribution is 6.18. The van der Waals surface area contributed by atoms with Crippen molar-refractivity contribution >= 4 is 17.5 Å². The van der Waals surface area contributed by atoms with E-state index >= 15 is 0 Å². The minimum absolute atomic E-state index is 0.197. The molecule has 1 aromatic heterocycles. The molecule has 1 rings (SSSR count). The Balaban J connectivity index is 2.84.